The van der Waals surface area contributed by atoms with Crippen molar-refractivity contribution in [1.29, 1.82) is 0 Å². The van der Waals surface area contributed by atoms with Gasteiger partial charge < -0.3 is 20.2 Å². The van der Waals surface area contributed by atoms with E-state index in [9.17, 15) is 0 Å². The molecule has 48 valence electrons. The number of hydrogen-bond acceptors (Lipinski definition) is 1. The third-order valence-corrected chi connectivity index (χ3v) is 0. The molecular weight excluding hydrogens is 251 g/mol. The molecule has 0 aliphatic rings. The molecule has 2 radical (unpaired) electrons. The molecule has 5 N–H and O–H groups in total. The van der Waals surface area contributed by atoms with E-state index in [0.717, 1.165) is 0 Å². The van der Waals surface area contributed by atoms with Crippen molar-refractivity contribution in [1.82, 2.24) is 0 Å². The molecule has 0 amide bonds. The van der Waals surface area contributed by atoms with Gasteiger partial charge in [-0.15, -0.1) is 0 Å². The largest absolute Gasteiger partial charge is 0.466 e. The summed E-state index contributed by atoms with van der Waals surface area (Å²) in [6.07, 6.45) is 0. The van der Waals surface area contributed by atoms with Crippen LogP contribution in [0, 0.1) is 0 Å². The molecule has 0 aromatic rings. The van der Waals surface area contributed by atoms with Crippen molar-refractivity contribution in [3.8, 4) is 0 Å². The third-order valence-electron chi connectivity index (χ3n) is 0. The molecule has 0 atom stereocenters. The molecule has 8 heteroatoms. The molecule has 0 aliphatic heterocycles. The Morgan fingerprint density at radius 1 is 1.12 bits per heavy atom. The van der Waals surface area contributed by atoms with Crippen LogP contribution in [0.15, 0.2) is 0 Å². The van der Waals surface area contributed by atoms with Crippen molar-refractivity contribution in [3.05, 3.63) is 0 Å². The van der Waals surface area contributed by atoms with Gasteiger partial charge in [-0.05, 0) is 0 Å². The zero-order valence-corrected chi connectivity index (χ0v) is 8.85. The second kappa shape index (κ2) is 8.76. The van der Waals surface area contributed by atoms with Gasteiger partial charge in [-0.2, -0.15) is 0 Å². The van der Waals surface area contributed by atoms with Crippen LogP contribution in [0.1, 0.15) is 0 Å². The molecule has 5 nitrogen and oxygen atoms in total. The molecule has 0 spiro atoms. The minimum atomic E-state index is -4.64. The summed E-state index contributed by atoms with van der Waals surface area (Å²) in [6, 6.07) is 0. The van der Waals surface area contributed by atoms with Gasteiger partial charge in [-0.25, -0.2) is 4.57 Å². The van der Waals surface area contributed by atoms with Crippen LogP contribution in [0.2, 0.25) is 0 Å². The Labute approximate surface area is 83.2 Å². The van der Waals surface area contributed by atoms with Crippen molar-refractivity contribution in [2.45, 2.75) is 0 Å². The fourth-order valence-corrected chi connectivity index (χ4v) is 0. The van der Waals surface area contributed by atoms with Gasteiger partial charge in [0, 0.05) is 51.3 Å². The molecule has 0 saturated carbocycles. The van der Waals surface area contributed by atoms with Gasteiger partial charge in [0.15, 0.2) is 0 Å². The van der Waals surface area contributed by atoms with Crippen LogP contribution in [-0.2, 0) is 55.8 Å². The van der Waals surface area contributed by atoms with E-state index in [-0.39, 0.29) is 56.7 Å². The summed E-state index contributed by atoms with van der Waals surface area (Å²) in [4.78, 5) is 21.6. The van der Waals surface area contributed by atoms with Crippen molar-refractivity contribution >= 4 is 7.82 Å². The quantitative estimate of drug-likeness (QED) is 0.446. The molecule has 0 rings (SSSR count). The van der Waals surface area contributed by atoms with E-state index < -0.39 is 7.82 Å². The summed E-state index contributed by atoms with van der Waals surface area (Å²) < 4.78 is 8.88. The Balaban J connectivity index is -0.0000000267. The van der Waals surface area contributed by atoms with Gasteiger partial charge in [-0.3, -0.25) is 0 Å². The van der Waals surface area contributed by atoms with Crippen LogP contribution >= 0.6 is 7.82 Å². The maximum Gasteiger partial charge on any atom is 0.466 e. The maximum absolute atomic E-state index is 8.88. The molecule has 8 heavy (non-hydrogen) atoms. The average molecular weight is 256 g/mol. The molecule has 0 saturated heterocycles. The molecular formula is H5O5PVY. The van der Waals surface area contributed by atoms with E-state index >= 15 is 0 Å². The van der Waals surface area contributed by atoms with Crippen molar-refractivity contribution in [3.63, 3.8) is 0 Å². The Hall–Kier alpha value is 1.76. The fourth-order valence-electron chi connectivity index (χ4n) is 0. The Morgan fingerprint density at radius 2 is 1.12 bits per heavy atom. The van der Waals surface area contributed by atoms with E-state index in [0.29, 0.717) is 0 Å². The van der Waals surface area contributed by atoms with Gasteiger partial charge in [0.2, 0.25) is 0 Å². The molecule has 0 unspecified atom stereocenters. The van der Waals surface area contributed by atoms with Crippen molar-refractivity contribution in [2.75, 3.05) is 0 Å². The number of rotatable bonds is 0. The molecule has 0 heterocycles. The van der Waals surface area contributed by atoms with Crippen LogP contribution < -0.4 is 0 Å². The third kappa shape index (κ3) is 115. The van der Waals surface area contributed by atoms with Gasteiger partial charge in [-0.1, -0.05) is 0 Å². The van der Waals surface area contributed by atoms with E-state index in [2.05, 4.69) is 0 Å². The van der Waals surface area contributed by atoms with E-state index in [1.54, 1.807) is 0 Å². The Morgan fingerprint density at radius 3 is 1.12 bits per heavy atom. The van der Waals surface area contributed by atoms with Crippen LogP contribution in [-0.4, -0.2) is 20.2 Å². The first-order valence-corrected chi connectivity index (χ1v) is 2.35. The van der Waals surface area contributed by atoms with Gasteiger partial charge >= 0.3 is 7.82 Å². The first-order chi connectivity index (χ1) is 2.00. The first-order valence-electron chi connectivity index (χ1n) is 0.783. The van der Waals surface area contributed by atoms with E-state index in [1.165, 1.54) is 0 Å². The SMILES string of the molecule is O.O=P(O)(O)O.[V].[Y]. The summed E-state index contributed by atoms with van der Waals surface area (Å²) in [5.74, 6) is 0. The standard InChI is InChI=1S/H3O4P.H2O.V.Y/c1-5(2,3)4;;;/h(H3,1,2,3,4);1H2;;. The molecule has 0 fully saturated rings. The predicted octanol–water partition coefficient (Wildman–Crippen LogP) is -1.76. The second-order valence-corrected chi connectivity index (χ2v) is 1.54. The van der Waals surface area contributed by atoms with Gasteiger partial charge in [0.25, 0.3) is 0 Å². The van der Waals surface area contributed by atoms with Crippen LogP contribution in [0.25, 0.3) is 0 Å². The minimum Gasteiger partial charge on any atom is -0.412 e. The summed E-state index contributed by atoms with van der Waals surface area (Å²) >= 11 is 0. The molecule has 0 aromatic carbocycles. The average Bonchev–Trinajstić information content (AvgIpc) is 0.722. The molecule has 0 bridgehead atoms. The number of hydrogen-bond donors (Lipinski definition) is 3. The predicted molar refractivity (Wildman–Crippen MR) is 17.9 cm³/mol. The normalized spacial score (nSPS) is 7.38. The Kier molecular flexibility index (Phi) is 24.7. The summed E-state index contributed by atoms with van der Waals surface area (Å²) in [6.45, 7) is 0. The summed E-state index contributed by atoms with van der Waals surface area (Å²) in [5, 5.41) is 0. The summed E-state index contributed by atoms with van der Waals surface area (Å²) in [7, 11) is -4.64. The minimum absolute atomic E-state index is 0. The summed E-state index contributed by atoms with van der Waals surface area (Å²) in [5.41, 5.74) is 0. The van der Waals surface area contributed by atoms with Crippen molar-refractivity contribution < 1.29 is 76.0 Å². The fraction of sp³-hybridized carbons (Fsp3) is 0. The van der Waals surface area contributed by atoms with Gasteiger partial charge in [0.1, 0.15) is 0 Å². The number of phosphoric acid groups is 1. The monoisotopic (exact) mass is 256 g/mol. The zero-order valence-electron chi connectivity index (χ0n) is 3.72. The van der Waals surface area contributed by atoms with E-state index in [1.807, 2.05) is 0 Å². The van der Waals surface area contributed by atoms with Crippen LogP contribution in [0.5, 0.6) is 0 Å². The van der Waals surface area contributed by atoms with Gasteiger partial charge in [0.05, 0.1) is 0 Å². The topological polar surface area (TPSA) is 109 Å². The van der Waals surface area contributed by atoms with E-state index in [4.69, 9.17) is 19.2 Å². The van der Waals surface area contributed by atoms with Crippen LogP contribution in [0.3, 0.4) is 0 Å². The smallest absolute Gasteiger partial charge is 0.412 e. The molecule has 0 aliphatic carbocycles. The van der Waals surface area contributed by atoms with Crippen LogP contribution in [0.4, 0.5) is 0 Å². The molecule has 0 aromatic heterocycles. The first kappa shape index (κ1) is 22.6. The zero-order chi connectivity index (χ0) is 4.50. The maximum atomic E-state index is 8.88. The Bertz CT molecular complexity index is 58.6. The second-order valence-electron chi connectivity index (χ2n) is 0.513. The van der Waals surface area contributed by atoms with Crippen molar-refractivity contribution in [2.24, 2.45) is 0 Å².